The Morgan fingerprint density at radius 3 is 2.71 bits per heavy atom. The van der Waals surface area contributed by atoms with Crippen LogP contribution in [0.1, 0.15) is 15.9 Å². The van der Waals surface area contributed by atoms with Gasteiger partial charge < -0.3 is 9.88 Å². The van der Waals surface area contributed by atoms with Crippen molar-refractivity contribution in [2.24, 2.45) is 7.05 Å². The molecular weight excluding hydrogens is 352 g/mol. The molecule has 28 heavy (non-hydrogen) atoms. The Hall–Kier alpha value is -3.67. The zero-order valence-electron chi connectivity index (χ0n) is 15.7. The lowest BCUT2D eigenvalue weighted by atomic mass is 10.1. The average molecular weight is 372 g/mol. The molecule has 0 unspecified atom stereocenters. The van der Waals surface area contributed by atoms with Crippen molar-refractivity contribution in [2.45, 2.75) is 6.54 Å². The highest BCUT2D eigenvalue weighted by Gasteiger charge is 2.09. The molecule has 6 heteroatoms. The number of nitrogens with zero attached hydrogens (tertiary/aromatic N) is 3. The van der Waals surface area contributed by atoms with Crippen LogP contribution in [0, 0.1) is 0 Å². The molecule has 0 radical (unpaired) electrons. The molecule has 0 aliphatic rings. The molecule has 0 atom stereocenters. The van der Waals surface area contributed by atoms with E-state index < -0.39 is 0 Å². The molecule has 140 valence electrons. The van der Waals surface area contributed by atoms with Crippen molar-refractivity contribution in [3.8, 4) is 11.3 Å². The van der Waals surface area contributed by atoms with Crippen molar-refractivity contribution in [1.29, 1.82) is 0 Å². The highest BCUT2D eigenvalue weighted by atomic mass is 16.1. The minimum atomic E-state index is -0.143. The highest BCUT2D eigenvalue weighted by Crippen LogP contribution is 2.22. The standard InChI is InChI=1S/C22H20N4O2/c1-23-21(27)18-5-3-4-15(12-18)14-26-11-9-16-13-17(6-7-19(16)22(26)28)20-8-10-24-25(20)2/h3-13H,14H2,1-2H3,(H,23,27). The number of rotatable bonds is 4. The van der Waals surface area contributed by atoms with E-state index in [9.17, 15) is 9.59 Å². The smallest absolute Gasteiger partial charge is 0.258 e. The summed E-state index contributed by atoms with van der Waals surface area (Å²) in [5.41, 5.74) is 3.43. The second-order valence-corrected chi connectivity index (χ2v) is 6.67. The molecule has 0 fully saturated rings. The Balaban J connectivity index is 1.70. The first-order chi connectivity index (χ1) is 13.6. The van der Waals surface area contributed by atoms with E-state index in [1.165, 1.54) is 0 Å². The zero-order chi connectivity index (χ0) is 19.7. The first-order valence-corrected chi connectivity index (χ1v) is 8.99. The van der Waals surface area contributed by atoms with Crippen molar-refractivity contribution < 1.29 is 4.79 Å². The predicted octanol–water partition coefficient (Wildman–Crippen LogP) is 2.81. The monoisotopic (exact) mass is 372 g/mol. The Labute approximate surface area is 162 Å². The van der Waals surface area contributed by atoms with Crippen LogP contribution < -0.4 is 10.9 Å². The van der Waals surface area contributed by atoms with Gasteiger partial charge in [-0.2, -0.15) is 5.10 Å². The summed E-state index contributed by atoms with van der Waals surface area (Å²) in [7, 11) is 3.49. The number of benzene rings is 2. The quantitative estimate of drug-likeness (QED) is 0.599. The van der Waals surface area contributed by atoms with Gasteiger partial charge in [-0.05, 0) is 47.3 Å². The highest BCUT2D eigenvalue weighted by molar-refractivity contribution is 5.94. The molecule has 0 saturated heterocycles. The van der Waals surface area contributed by atoms with Gasteiger partial charge in [0.05, 0.1) is 12.2 Å². The molecule has 0 spiro atoms. The molecule has 2 heterocycles. The molecule has 6 nitrogen and oxygen atoms in total. The van der Waals surface area contributed by atoms with Gasteiger partial charge in [-0.15, -0.1) is 0 Å². The Bertz CT molecular complexity index is 1240. The van der Waals surface area contributed by atoms with Gasteiger partial charge in [0.25, 0.3) is 11.5 Å². The number of hydrogen-bond donors (Lipinski definition) is 1. The zero-order valence-corrected chi connectivity index (χ0v) is 15.7. The van der Waals surface area contributed by atoms with E-state index in [0.29, 0.717) is 17.5 Å². The van der Waals surface area contributed by atoms with Gasteiger partial charge >= 0.3 is 0 Å². The van der Waals surface area contributed by atoms with E-state index in [0.717, 1.165) is 22.2 Å². The normalized spacial score (nSPS) is 10.9. The SMILES string of the molecule is CNC(=O)c1cccc(Cn2ccc3cc(-c4ccnn4C)ccc3c2=O)c1. The number of amides is 1. The molecule has 0 bridgehead atoms. The van der Waals surface area contributed by atoms with Crippen LogP contribution in [0.2, 0.25) is 0 Å². The number of aromatic nitrogens is 3. The van der Waals surface area contributed by atoms with Crippen LogP contribution >= 0.6 is 0 Å². The third-order valence-corrected chi connectivity index (χ3v) is 4.86. The van der Waals surface area contributed by atoms with E-state index in [-0.39, 0.29) is 11.5 Å². The number of pyridine rings is 1. The van der Waals surface area contributed by atoms with Crippen LogP contribution in [-0.4, -0.2) is 27.3 Å². The van der Waals surface area contributed by atoms with Crippen LogP contribution in [0.5, 0.6) is 0 Å². The van der Waals surface area contributed by atoms with E-state index in [1.807, 2.05) is 54.2 Å². The summed E-state index contributed by atoms with van der Waals surface area (Å²) in [4.78, 5) is 24.8. The van der Waals surface area contributed by atoms with Crippen LogP contribution in [0.3, 0.4) is 0 Å². The Morgan fingerprint density at radius 2 is 1.96 bits per heavy atom. The first kappa shape index (κ1) is 17.7. The molecule has 0 aliphatic heterocycles. The molecule has 2 aromatic carbocycles. The van der Waals surface area contributed by atoms with Crippen LogP contribution in [-0.2, 0) is 13.6 Å². The lowest BCUT2D eigenvalue weighted by molar-refractivity contribution is 0.0963. The average Bonchev–Trinajstić information content (AvgIpc) is 3.15. The summed E-state index contributed by atoms with van der Waals surface area (Å²) in [5.74, 6) is -0.143. The number of carbonyl (C=O) groups excluding carboxylic acids is 1. The molecule has 4 aromatic rings. The fourth-order valence-corrected chi connectivity index (χ4v) is 3.38. The minimum absolute atomic E-state index is 0.0561. The largest absolute Gasteiger partial charge is 0.355 e. The number of fused-ring (bicyclic) bond motifs is 1. The minimum Gasteiger partial charge on any atom is -0.355 e. The van der Waals surface area contributed by atoms with Gasteiger partial charge in [-0.1, -0.05) is 18.2 Å². The second kappa shape index (κ2) is 7.15. The van der Waals surface area contributed by atoms with Gasteiger partial charge in [-0.3, -0.25) is 14.3 Å². The summed E-state index contributed by atoms with van der Waals surface area (Å²) in [6, 6.07) is 17.0. The molecule has 2 aromatic heterocycles. The maximum atomic E-state index is 12.9. The van der Waals surface area contributed by atoms with Crippen molar-refractivity contribution in [2.75, 3.05) is 7.05 Å². The summed E-state index contributed by atoms with van der Waals surface area (Å²) >= 11 is 0. The van der Waals surface area contributed by atoms with Crippen molar-refractivity contribution in [1.82, 2.24) is 19.7 Å². The van der Waals surface area contributed by atoms with Crippen molar-refractivity contribution >= 4 is 16.7 Å². The summed E-state index contributed by atoms with van der Waals surface area (Å²) in [6.45, 7) is 0.406. The molecular formula is C22H20N4O2. The van der Waals surface area contributed by atoms with Gasteiger partial charge in [0.2, 0.25) is 0 Å². The maximum Gasteiger partial charge on any atom is 0.258 e. The third-order valence-electron chi connectivity index (χ3n) is 4.86. The van der Waals surface area contributed by atoms with Gasteiger partial charge in [-0.25, -0.2) is 0 Å². The van der Waals surface area contributed by atoms with Crippen molar-refractivity contribution in [3.05, 3.63) is 88.5 Å². The predicted molar refractivity (Wildman–Crippen MR) is 109 cm³/mol. The fourth-order valence-electron chi connectivity index (χ4n) is 3.38. The molecule has 0 aliphatic carbocycles. The van der Waals surface area contributed by atoms with Crippen LogP contribution in [0.15, 0.2) is 71.8 Å². The van der Waals surface area contributed by atoms with Gasteiger partial charge in [0.15, 0.2) is 0 Å². The van der Waals surface area contributed by atoms with Crippen LogP contribution in [0.25, 0.3) is 22.0 Å². The third kappa shape index (κ3) is 3.20. The maximum absolute atomic E-state index is 12.9. The van der Waals surface area contributed by atoms with Gasteiger partial charge in [0.1, 0.15) is 0 Å². The summed E-state index contributed by atoms with van der Waals surface area (Å²) < 4.78 is 3.47. The molecule has 1 amide bonds. The first-order valence-electron chi connectivity index (χ1n) is 8.99. The molecule has 4 rings (SSSR count). The summed E-state index contributed by atoms with van der Waals surface area (Å²) in [5, 5.41) is 8.37. The summed E-state index contributed by atoms with van der Waals surface area (Å²) in [6.07, 6.45) is 3.55. The van der Waals surface area contributed by atoms with E-state index in [2.05, 4.69) is 10.4 Å². The molecule has 1 N–H and O–H groups in total. The van der Waals surface area contributed by atoms with E-state index >= 15 is 0 Å². The lowest BCUT2D eigenvalue weighted by Crippen LogP contribution is -2.21. The van der Waals surface area contributed by atoms with E-state index in [4.69, 9.17) is 0 Å². The van der Waals surface area contributed by atoms with Gasteiger partial charge in [0, 0.05) is 43.0 Å². The number of hydrogen-bond acceptors (Lipinski definition) is 3. The number of carbonyl (C=O) groups is 1. The Morgan fingerprint density at radius 1 is 1.11 bits per heavy atom. The van der Waals surface area contributed by atoms with E-state index in [1.54, 1.807) is 36.1 Å². The Kier molecular flexibility index (Phi) is 4.53. The molecule has 0 saturated carbocycles. The number of nitrogens with one attached hydrogen (secondary N) is 1. The van der Waals surface area contributed by atoms with Crippen LogP contribution in [0.4, 0.5) is 0 Å². The fraction of sp³-hybridized carbons (Fsp3) is 0.136. The number of aryl methyl sites for hydroxylation is 1. The van der Waals surface area contributed by atoms with Crippen molar-refractivity contribution in [3.63, 3.8) is 0 Å². The topological polar surface area (TPSA) is 68.9 Å². The second-order valence-electron chi connectivity index (χ2n) is 6.67. The lowest BCUT2D eigenvalue weighted by Gasteiger charge is -2.10.